The number of ether oxygens (including phenoxy) is 1. The van der Waals surface area contributed by atoms with Crippen LogP contribution < -0.4 is 15.4 Å². The summed E-state index contributed by atoms with van der Waals surface area (Å²) >= 11 is -0.376. The maximum Gasteiger partial charge on any atom is 0.446 e. The summed E-state index contributed by atoms with van der Waals surface area (Å²) in [4.78, 5) is 35.2. The molecule has 3 amide bonds. The smallest absolute Gasteiger partial charge is 0.423 e. The highest BCUT2D eigenvalue weighted by molar-refractivity contribution is 8.00. The Kier molecular flexibility index (Phi) is 6.06. The van der Waals surface area contributed by atoms with E-state index in [1.165, 1.54) is 36.4 Å². The third kappa shape index (κ3) is 5.32. The molecule has 1 aliphatic heterocycles. The number of nitrogens with one attached hydrogen (secondary N) is 2. The van der Waals surface area contributed by atoms with Gasteiger partial charge in [0.1, 0.15) is 11.3 Å². The first kappa shape index (κ1) is 21.7. The van der Waals surface area contributed by atoms with Gasteiger partial charge in [0.15, 0.2) is 0 Å². The van der Waals surface area contributed by atoms with E-state index in [-0.39, 0.29) is 28.0 Å². The van der Waals surface area contributed by atoms with Gasteiger partial charge >= 0.3 is 17.5 Å². The van der Waals surface area contributed by atoms with Gasteiger partial charge in [-0.25, -0.2) is 9.59 Å². The quantitative estimate of drug-likeness (QED) is 0.308. The van der Waals surface area contributed by atoms with E-state index in [4.69, 9.17) is 4.74 Å². The number of thioether (sulfide) groups is 1. The van der Waals surface area contributed by atoms with Crippen molar-refractivity contribution in [1.29, 1.82) is 0 Å². The van der Waals surface area contributed by atoms with Crippen LogP contribution in [0.4, 0.5) is 18.0 Å². The minimum atomic E-state index is -4.52. The van der Waals surface area contributed by atoms with Gasteiger partial charge in [-0.3, -0.25) is 10.1 Å². The molecule has 1 saturated heterocycles. The van der Waals surface area contributed by atoms with Gasteiger partial charge < -0.3 is 10.1 Å². The molecule has 1 atom stereocenters. The zero-order chi connectivity index (χ0) is 21.9. The monoisotopic (exact) mass is 438 g/mol. The topological polar surface area (TPSA) is 84.5 Å². The van der Waals surface area contributed by atoms with E-state index in [1.54, 1.807) is 19.1 Å². The van der Waals surface area contributed by atoms with Gasteiger partial charge in [-0.2, -0.15) is 13.2 Å². The number of carbonyl (C=O) groups excluding carboxylic acids is 3. The van der Waals surface area contributed by atoms with Gasteiger partial charge in [0.2, 0.25) is 0 Å². The molecule has 1 unspecified atom stereocenters. The predicted octanol–water partition coefficient (Wildman–Crippen LogP) is 4.05. The standard InChI is InChI=1S/C20H17F3N2O4S/c1-19(17(27)24-18(28)25-19)11-10-12-6-8-13(9-7-12)29-16(26)14-4-2-3-5-15(14)30-20(21,22)23/h2-9H,10-11H2,1H3,(H2,24,25,27,28). The molecule has 0 saturated carbocycles. The summed E-state index contributed by atoms with van der Waals surface area (Å²) in [5.74, 6) is -1.12. The van der Waals surface area contributed by atoms with E-state index in [0.29, 0.717) is 12.8 Å². The molecule has 10 heteroatoms. The molecule has 158 valence electrons. The molecule has 0 aromatic heterocycles. The lowest BCUT2D eigenvalue weighted by Crippen LogP contribution is -2.43. The van der Waals surface area contributed by atoms with Crippen molar-refractivity contribution in [3.05, 3.63) is 59.7 Å². The fourth-order valence-corrected chi connectivity index (χ4v) is 3.54. The first-order valence-corrected chi connectivity index (χ1v) is 9.67. The fourth-order valence-electron chi connectivity index (χ4n) is 2.89. The Morgan fingerprint density at radius 1 is 1.10 bits per heavy atom. The SMILES string of the molecule is CC1(CCc2ccc(OC(=O)c3ccccc3SC(F)(F)F)cc2)NC(=O)NC1=O. The highest BCUT2D eigenvalue weighted by Crippen LogP contribution is 2.38. The van der Waals surface area contributed by atoms with Gasteiger partial charge in [0.25, 0.3) is 5.91 Å². The Morgan fingerprint density at radius 3 is 2.37 bits per heavy atom. The summed E-state index contributed by atoms with van der Waals surface area (Å²) in [7, 11) is 0. The van der Waals surface area contributed by atoms with E-state index < -0.39 is 29.0 Å². The second-order valence-corrected chi connectivity index (χ2v) is 7.92. The Hall–Kier alpha value is -3.01. The van der Waals surface area contributed by atoms with Crippen molar-refractivity contribution in [1.82, 2.24) is 10.6 Å². The summed E-state index contributed by atoms with van der Waals surface area (Å²) in [5, 5.41) is 4.77. The molecule has 3 rings (SSSR count). The summed E-state index contributed by atoms with van der Waals surface area (Å²) in [6.45, 7) is 1.62. The Bertz CT molecular complexity index is 979. The van der Waals surface area contributed by atoms with E-state index in [1.807, 2.05) is 0 Å². The van der Waals surface area contributed by atoms with Crippen molar-refractivity contribution >= 4 is 29.7 Å². The van der Waals surface area contributed by atoms with E-state index >= 15 is 0 Å². The fraction of sp³-hybridized carbons (Fsp3) is 0.250. The minimum Gasteiger partial charge on any atom is -0.423 e. The minimum absolute atomic E-state index is 0.175. The molecule has 0 aliphatic carbocycles. The lowest BCUT2D eigenvalue weighted by atomic mass is 9.93. The van der Waals surface area contributed by atoms with Crippen molar-refractivity contribution < 1.29 is 32.3 Å². The van der Waals surface area contributed by atoms with Crippen LogP contribution in [0.2, 0.25) is 0 Å². The molecule has 2 aromatic rings. The maximum absolute atomic E-state index is 12.7. The van der Waals surface area contributed by atoms with Crippen molar-refractivity contribution in [2.24, 2.45) is 0 Å². The van der Waals surface area contributed by atoms with Crippen LogP contribution in [0.3, 0.4) is 0 Å². The normalized spacial score (nSPS) is 18.7. The number of halogens is 3. The van der Waals surface area contributed by atoms with Crippen LogP contribution in [0.5, 0.6) is 5.75 Å². The van der Waals surface area contributed by atoms with Crippen LogP contribution in [-0.2, 0) is 11.2 Å². The van der Waals surface area contributed by atoms with Gasteiger partial charge in [-0.05, 0) is 61.4 Å². The summed E-state index contributed by atoms with van der Waals surface area (Å²) < 4.78 is 43.2. The van der Waals surface area contributed by atoms with Crippen molar-refractivity contribution in [3.63, 3.8) is 0 Å². The van der Waals surface area contributed by atoms with Crippen LogP contribution in [0, 0.1) is 0 Å². The van der Waals surface area contributed by atoms with E-state index in [2.05, 4.69) is 10.6 Å². The molecule has 1 heterocycles. The lowest BCUT2D eigenvalue weighted by molar-refractivity contribution is -0.123. The highest BCUT2D eigenvalue weighted by atomic mass is 32.2. The number of imide groups is 1. The van der Waals surface area contributed by atoms with E-state index in [9.17, 15) is 27.6 Å². The van der Waals surface area contributed by atoms with Gasteiger partial charge in [0, 0.05) is 4.90 Å². The Labute approximate surface area is 174 Å². The van der Waals surface area contributed by atoms with Gasteiger partial charge in [0.05, 0.1) is 5.56 Å². The largest absolute Gasteiger partial charge is 0.446 e. The molecular formula is C20H17F3N2O4S. The predicted molar refractivity (Wildman–Crippen MR) is 103 cm³/mol. The lowest BCUT2D eigenvalue weighted by Gasteiger charge is -2.20. The number of alkyl halides is 3. The molecule has 1 fully saturated rings. The molecule has 2 N–H and O–H groups in total. The maximum atomic E-state index is 12.7. The first-order chi connectivity index (χ1) is 14.1. The van der Waals surface area contributed by atoms with Crippen LogP contribution in [-0.4, -0.2) is 29.0 Å². The first-order valence-electron chi connectivity index (χ1n) is 8.85. The summed E-state index contributed by atoms with van der Waals surface area (Å²) in [6, 6.07) is 11.2. The third-order valence-electron chi connectivity index (χ3n) is 4.50. The Morgan fingerprint density at radius 2 is 1.77 bits per heavy atom. The number of hydrogen-bond donors (Lipinski definition) is 2. The molecule has 6 nitrogen and oxygen atoms in total. The number of amides is 3. The molecule has 2 aromatic carbocycles. The van der Waals surface area contributed by atoms with Crippen LogP contribution >= 0.6 is 11.8 Å². The average molecular weight is 438 g/mol. The molecule has 0 bridgehead atoms. The van der Waals surface area contributed by atoms with Gasteiger partial charge in [-0.15, -0.1) is 0 Å². The Balaban J connectivity index is 1.63. The second kappa shape index (κ2) is 8.39. The van der Waals surface area contributed by atoms with Crippen LogP contribution in [0.25, 0.3) is 0 Å². The summed E-state index contributed by atoms with van der Waals surface area (Å²) in [5.41, 5.74) is -4.87. The number of rotatable bonds is 6. The molecule has 30 heavy (non-hydrogen) atoms. The van der Waals surface area contributed by atoms with E-state index in [0.717, 1.165) is 5.56 Å². The molecule has 1 aliphatic rings. The zero-order valence-electron chi connectivity index (χ0n) is 15.7. The van der Waals surface area contributed by atoms with Crippen molar-refractivity contribution in [2.75, 3.05) is 0 Å². The summed E-state index contributed by atoms with van der Waals surface area (Å²) in [6.07, 6.45) is 0.842. The third-order valence-corrected chi connectivity index (χ3v) is 5.31. The second-order valence-electron chi connectivity index (χ2n) is 6.82. The van der Waals surface area contributed by atoms with Crippen LogP contribution in [0.1, 0.15) is 29.3 Å². The van der Waals surface area contributed by atoms with Crippen molar-refractivity contribution in [2.45, 2.75) is 35.7 Å². The molecular weight excluding hydrogens is 421 g/mol. The van der Waals surface area contributed by atoms with Crippen molar-refractivity contribution in [3.8, 4) is 5.75 Å². The molecule has 0 radical (unpaired) electrons. The number of hydrogen-bond acceptors (Lipinski definition) is 5. The average Bonchev–Trinajstić information content (AvgIpc) is 2.92. The zero-order valence-corrected chi connectivity index (χ0v) is 16.5. The number of urea groups is 1. The van der Waals surface area contributed by atoms with Crippen LogP contribution in [0.15, 0.2) is 53.4 Å². The number of benzene rings is 2. The van der Waals surface area contributed by atoms with Gasteiger partial charge in [-0.1, -0.05) is 24.3 Å². The highest BCUT2D eigenvalue weighted by Gasteiger charge is 2.41. The number of aryl methyl sites for hydroxylation is 1. The number of esters is 1. The number of carbonyl (C=O) groups is 3. The molecule has 0 spiro atoms.